The Labute approximate surface area is 109 Å². The Hall–Kier alpha value is -1.07. The average molecular weight is 267 g/mol. The minimum absolute atomic E-state index is 0.230. The molecular weight excluding hydrogens is 250 g/mol. The first-order valence-corrected chi connectivity index (χ1v) is 7.51. The number of nitrogens with one attached hydrogen (secondary N) is 1. The highest BCUT2D eigenvalue weighted by molar-refractivity contribution is 7.85. The van der Waals surface area contributed by atoms with E-state index >= 15 is 0 Å². The van der Waals surface area contributed by atoms with Crippen LogP contribution in [-0.4, -0.2) is 30.2 Å². The quantitative estimate of drug-likeness (QED) is 0.837. The maximum atomic E-state index is 12.2. The summed E-state index contributed by atoms with van der Waals surface area (Å²) in [7, 11) is 0.999. The van der Waals surface area contributed by atoms with Gasteiger partial charge in [0.2, 0.25) is 0 Å². The summed E-state index contributed by atoms with van der Waals surface area (Å²) in [5, 5.41) is 3.31. The van der Waals surface area contributed by atoms with Crippen molar-refractivity contribution >= 4 is 10.8 Å². The third-order valence-electron chi connectivity index (χ3n) is 3.55. The molecule has 0 amide bonds. The molecule has 2 aliphatic heterocycles. The highest BCUT2D eigenvalue weighted by Gasteiger charge is 2.32. The van der Waals surface area contributed by atoms with Crippen molar-refractivity contribution in [3.63, 3.8) is 0 Å². The zero-order valence-corrected chi connectivity index (χ0v) is 11.4. The molecular formula is C13H17NO3S. The van der Waals surface area contributed by atoms with Crippen LogP contribution in [0.15, 0.2) is 17.0 Å². The molecule has 3 rings (SSSR count). The van der Waals surface area contributed by atoms with Crippen molar-refractivity contribution in [2.75, 3.05) is 26.0 Å². The van der Waals surface area contributed by atoms with Gasteiger partial charge in [-0.2, -0.15) is 0 Å². The lowest BCUT2D eigenvalue weighted by Crippen LogP contribution is -2.32. The van der Waals surface area contributed by atoms with Crippen LogP contribution in [0.5, 0.6) is 11.5 Å². The fourth-order valence-corrected chi connectivity index (χ4v) is 4.23. The maximum absolute atomic E-state index is 12.2. The Morgan fingerprint density at radius 3 is 2.61 bits per heavy atom. The van der Waals surface area contributed by atoms with E-state index in [2.05, 4.69) is 12.2 Å². The Morgan fingerprint density at radius 2 is 1.94 bits per heavy atom. The second-order valence-corrected chi connectivity index (χ2v) is 6.25. The summed E-state index contributed by atoms with van der Waals surface area (Å²) in [5.41, 5.74) is 1.08. The molecule has 0 saturated carbocycles. The zero-order valence-electron chi connectivity index (χ0n) is 10.6. The summed E-state index contributed by atoms with van der Waals surface area (Å²) in [4.78, 5) is 0.886. The van der Waals surface area contributed by atoms with Crippen LogP contribution >= 0.6 is 0 Å². The summed E-state index contributed by atoms with van der Waals surface area (Å²) in [6.07, 6.45) is 0. The Bertz CT molecular complexity index is 503. The minimum atomic E-state index is -0.941. The van der Waals surface area contributed by atoms with E-state index in [1.54, 1.807) is 0 Å². The highest BCUT2D eigenvalue weighted by Crippen LogP contribution is 2.41. The predicted molar refractivity (Wildman–Crippen MR) is 69.7 cm³/mol. The van der Waals surface area contributed by atoms with Gasteiger partial charge in [0.1, 0.15) is 13.2 Å². The van der Waals surface area contributed by atoms with Crippen molar-refractivity contribution in [1.29, 1.82) is 0 Å². The van der Waals surface area contributed by atoms with E-state index in [9.17, 15) is 4.21 Å². The van der Waals surface area contributed by atoms with Gasteiger partial charge in [-0.3, -0.25) is 4.21 Å². The van der Waals surface area contributed by atoms with Gasteiger partial charge < -0.3 is 14.8 Å². The van der Waals surface area contributed by atoms with Crippen LogP contribution in [-0.2, 0) is 10.8 Å². The molecule has 0 saturated heterocycles. The third-order valence-corrected chi connectivity index (χ3v) is 5.22. The molecule has 18 heavy (non-hydrogen) atoms. The van der Waals surface area contributed by atoms with E-state index in [4.69, 9.17) is 9.47 Å². The SMILES string of the molecule is CNC1c2cc3c(cc2S(=O)CC1C)OCCO3. The number of benzene rings is 1. The molecule has 0 fully saturated rings. The molecule has 3 atom stereocenters. The van der Waals surface area contributed by atoms with Crippen LogP contribution < -0.4 is 14.8 Å². The molecule has 1 N–H and O–H groups in total. The molecule has 0 radical (unpaired) electrons. The first-order valence-electron chi connectivity index (χ1n) is 6.20. The number of hydrogen-bond donors (Lipinski definition) is 1. The summed E-state index contributed by atoms with van der Waals surface area (Å²) < 4.78 is 23.4. The second kappa shape index (κ2) is 4.55. The van der Waals surface area contributed by atoms with Gasteiger partial charge in [0.25, 0.3) is 0 Å². The lowest BCUT2D eigenvalue weighted by molar-refractivity contribution is 0.170. The highest BCUT2D eigenvalue weighted by atomic mass is 32.2. The normalized spacial score (nSPS) is 29.8. The van der Waals surface area contributed by atoms with Crippen molar-refractivity contribution in [3.05, 3.63) is 17.7 Å². The Morgan fingerprint density at radius 1 is 1.28 bits per heavy atom. The van der Waals surface area contributed by atoms with Gasteiger partial charge >= 0.3 is 0 Å². The molecule has 3 unspecified atom stereocenters. The van der Waals surface area contributed by atoms with Gasteiger partial charge in [0.15, 0.2) is 11.5 Å². The second-order valence-electron chi connectivity index (χ2n) is 4.79. The molecule has 0 spiro atoms. The first-order chi connectivity index (χ1) is 8.70. The Balaban J connectivity index is 2.13. The smallest absolute Gasteiger partial charge is 0.162 e. The molecule has 4 nitrogen and oxygen atoms in total. The van der Waals surface area contributed by atoms with Crippen LogP contribution in [0.4, 0.5) is 0 Å². The molecule has 2 aliphatic rings. The van der Waals surface area contributed by atoms with E-state index in [1.165, 1.54) is 0 Å². The van der Waals surface area contributed by atoms with Crippen molar-refractivity contribution in [2.24, 2.45) is 5.92 Å². The molecule has 0 aliphatic carbocycles. The first kappa shape index (κ1) is 12.0. The van der Waals surface area contributed by atoms with Crippen LogP contribution in [0.2, 0.25) is 0 Å². The molecule has 98 valence electrons. The molecule has 2 heterocycles. The molecule has 1 aromatic rings. The van der Waals surface area contributed by atoms with Crippen LogP contribution in [0, 0.1) is 5.92 Å². The number of rotatable bonds is 1. The summed E-state index contributed by atoms with van der Waals surface area (Å²) in [6.45, 7) is 3.26. The molecule has 5 heteroatoms. The van der Waals surface area contributed by atoms with Gasteiger partial charge in [0, 0.05) is 22.8 Å². The summed E-state index contributed by atoms with van der Waals surface area (Å²) in [5.74, 6) is 2.54. The van der Waals surface area contributed by atoms with Gasteiger partial charge in [-0.15, -0.1) is 0 Å². The van der Waals surface area contributed by atoms with Gasteiger partial charge in [-0.25, -0.2) is 0 Å². The largest absolute Gasteiger partial charge is 0.486 e. The van der Waals surface area contributed by atoms with Crippen molar-refractivity contribution < 1.29 is 13.7 Å². The van der Waals surface area contributed by atoms with Crippen molar-refractivity contribution in [1.82, 2.24) is 5.32 Å². The minimum Gasteiger partial charge on any atom is -0.486 e. The maximum Gasteiger partial charge on any atom is 0.162 e. The fourth-order valence-electron chi connectivity index (χ4n) is 2.70. The molecule has 0 aromatic heterocycles. The van der Waals surface area contributed by atoms with E-state index < -0.39 is 10.8 Å². The van der Waals surface area contributed by atoms with Crippen LogP contribution in [0.3, 0.4) is 0 Å². The third kappa shape index (κ3) is 1.82. The number of hydrogen-bond acceptors (Lipinski definition) is 4. The van der Waals surface area contributed by atoms with Crippen molar-refractivity contribution in [3.8, 4) is 11.5 Å². The van der Waals surface area contributed by atoms with Gasteiger partial charge in [0.05, 0.1) is 10.8 Å². The predicted octanol–water partition coefficient (Wildman–Crippen LogP) is 1.48. The standard InChI is InChI=1S/C13H17NO3S/c1-8-7-18(15)12-6-11-10(16-3-4-17-11)5-9(12)13(8)14-2/h5-6,8,13-14H,3-4,7H2,1-2H3. The molecule has 1 aromatic carbocycles. The van der Waals surface area contributed by atoms with Gasteiger partial charge in [-0.05, 0) is 24.6 Å². The average Bonchev–Trinajstić information content (AvgIpc) is 2.37. The lowest BCUT2D eigenvalue weighted by atomic mass is 9.95. The topological polar surface area (TPSA) is 47.6 Å². The molecule has 0 bridgehead atoms. The fraction of sp³-hybridized carbons (Fsp3) is 0.538. The van der Waals surface area contributed by atoms with Crippen LogP contribution in [0.1, 0.15) is 18.5 Å². The summed E-state index contributed by atoms with van der Waals surface area (Å²) >= 11 is 0. The van der Waals surface area contributed by atoms with Gasteiger partial charge in [-0.1, -0.05) is 6.92 Å². The number of ether oxygens (including phenoxy) is 2. The van der Waals surface area contributed by atoms with Crippen LogP contribution in [0.25, 0.3) is 0 Å². The Kier molecular flexibility index (Phi) is 3.03. The summed E-state index contributed by atoms with van der Waals surface area (Å²) in [6, 6.07) is 4.10. The van der Waals surface area contributed by atoms with E-state index in [0.717, 1.165) is 22.0 Å². The van der Waals surface area contributed by atoms with E-state index in [-0.39, 0.29) is 6.04 Å². The monoisotopic (exact) mass is 267 g/mol. The van der Waals surface area contributed by atoms with Crippen molar-refractivity contribution in [2.45, 2.75) is 17.9 Å². The lowest BCUT2D eigenvalue weighted by Gasteiger charge is -2.32. The van der Waals surface area contributed by atoms with E-state index in [0.29, 0.717) is 24.9 Å². The zero-order chi connectivity index (χ0) is 12.7. The van der Waals surface area contributed by atoms with E-state index in [1.807, 2.05) is 19.2 Å². The number of fused-ring (bicyclic) bond motifs is 2.